The van der Waals surface area contributed by atoms with Crippen molar-refractivity contribution in [2.24, 2.45) is 0 Å². The van der Waals surface area contributed by atoms with Crippen LogP contribution in [0.25, 0.3) is 22.3 Å². The lowest BCUT2D eigenvalue weighted by molar-refractivity contribution is -0.376. The summed E-state index contributed by atoms with van der Waals surface area (Å²) in [6, 6.07) is 12.7. The van der Waals surface area contributed by atoms with Crippen LogP contribution in [0.2, 0.25) is 0 Å². The zero-order valence-electron chi connectivity index (χ0n) is 13.5. The van der Waals surface area contributed by atoms with Gasteiger partial charge in [-0.1, -0.05) is 42.5 Å². The van der Waals surface area contributed by atoms with Gasteiger partial charge in [-0.2, -0.15) is 37.7 Å². The number of thiophene rings is 1. The van der Waals surface area contributed by atoms with Crippen molar-refractivity contribution < 1.29 is 31.4 Å². The first-order valence-electron chi connectivity index (χ1n) is 7.64. The van der Waals surface area contributed by atoms with E-state index in [2.05, 4.69) is 0 Å². The molecule has 0 radical (unpaired) electrons. The zero-order valence-corrected chi connectivity index (χ0v) is 14.3. The lowest BCUT2D eigenvalue weighted by Crippen LogP contribution is -2.53. The summed E-state index contributed by atoms with van der Waals surface area (Å²) in [6.45, 7) is 0. The zero-order chi connectivity index (χ0) is 19.9. The molecule has 2 aromatic carbocycles. The topological polar surface area (TPSA) is 20.2 Å². The van der Waals surface area contributed by atoms with Gasteiger partial charge in [-0.3, -0.25) is 0 Å². The van der Waals surface area contributed by atoms with E-state index >= 15 is 0 Å². The first kappa shape index (κ1) is 19.4. The molecule has 3 aromatic rings. The van der Waals surface area contributed by atoms with Crippen LogP contribution in [0.1, 0.15) is 5.56 Å². The Balaban J connectivity index is 2.27. The summed E-state index contributed by atoms with van der Waals surface area (Å²) in [5.41, 5.74) is -4.50. The van der Waals surface area contributed by atoms with Gasteiger partial charge in [0.15, 0.2) is 0 Å². The normalized spacial score (nSPS) is 13.0. The highest BCUT2D eigenvalue weighted by atomic mass is 32.1. The minimum absolute atomic E-state index is 0.173. The Morgan fingerprint density at radius 3 is 1.85 bits per heavy atom. The molecule has 27 heavy (non-hydrogen) atoms. The van der Waals surface area contributed by atoms with Crippen LogP contribution in [0.5, 0.6) is 0 Å². The molecule has 0 spiro atoms. The molecule has 0 unspecified atom stereocenters. The van der Waals surface area contributed by atoms with Crippen molar-refractivity contribution in [1.82, 2.24) is 0 Å². The van der Waals surface area contributed by atoms with Gasteiger partial charge in [-0.15, -0.1) is 0 Å². The van der Waals surface area contributed by atoms with Crippen LogP contribution in [-0.4, -0.2) is 17.5 Å². The van der Waals surface area contributed by atoms with Crippen LogP contribution in [-0.2, 0) is 5.60 Å². The summed E-state index contributed by atoms with van der Waals surface area (Å²) in [4.78, 5) is 0. The van der Waals surface area contributed by atoms with Crippen molar-refractivity contribution in [2.45, 2.75) is 18.0 Å². The predicted octanol–water partition coefficient (Wildman–Crippen LogP) is 6.39. The fraction of sp³-hybridized carbons (Fsp3) is 0.158. The number of aliphatic hydroxyl groups is 1. The van der Waals surface area contributed by atoms with Crippen molar-refractivity contribution >= 4 is 11.3 Å². The van der Waals surface area contributed by atoms with Crippen LogP contribution >= 0.6 is 11.3 Å². The molecule has 0 aliphatic heterocycles. The smallest absolute Gasteiger partial charge is 0.369 e. The summed E-state index contributed by atoms with van der Waals surface area (Å²) in [6.07, 6.45) is -11.9. The van der Waals surface area contributed by atoms with Crippen LogP contribution in [0.3, 0.4) is 0 Å². The fourth-order valence-corrected chi connectivity index (χ4v) is 3.44. The van der Waals surface area contributed by atoms with Crippen molar-refractivity contribution in [3.63, 3.8) is 0 Å². The molecule has 142 valence electrons. The van der Waals surface area contributed by atoms with Crippen LogP contribution in [0, 0.1) is 0 Å². The average molecular weight is 402 g/mol. The molecule has 0 fully saturated rings. The van der Waals surface area contributed by atoms with Crippen LogP contribution in [0.4, 0.5) is 26.3 Å². The van der Waals surface area contributed by atoms with Gasteiger partial charge >= 0.3 is 12.4 Å². The van der Waals surface area contributed by atoms with E-state index in [1.54, 1.807) is 47.2 Å². The molecule has 0 aliphatic carbocycles. The highest BCUT2D eigenvalue weighted by Crippen LogP contribution is 2.51. The second kappa shape index (κ2) is 6.69. The molecular formula is C19H12F6OS. The minimum Gasteiger partial charge on any atom is -0.369 e. The molecule has 1 N–H and O–H groups in total. The summed E-state index contributed by atoms with van der Waals surface area (Å²) in [7, 11) is 0. The van der Waals surface area contributed by atoms with E-state index in [9.17, 15) is 31.4 Å². The van der Waals surface area contributed by atoms with Gasteiger partial charge in [0.05, 0.1) is 0 Å². The molecule has 0 amide bonds. The summed E-state index contributed by atoms with van der Waals surface area (Å²) >= 11 is 1.26. The maximum Gasteiger partial charge on any atom is 0.430 e. The molecule has 3 rings (SSSR count). The van der Waals surface area contributed by atoms with Crippen molar-refractivity contribution in [3.8, 4) is 22.3 Å². The van der Waals surface area contributed by atoms with E-state index in [1.807, 2.05) is 0 Å². The van der Waals surface area contributed by atoms with Crippen LogP contribution in [0.15, 0.2) is 65.4 Å². The molecule has 0 saturated heterocycles. The Hall–Kier alpha value is -2.32. The SMILES string of the molecule is OC(c1ccc(-c2ccccc2)c(-c2ccsc2)c1)(C(F)(F)F)C(F)(F)F. The number of hydrogen-bond donors (Lipinski definition) is 1. The van der Waals surface area contributed by atoms with Gasteiger partial charge in [0.25, 0.3) is 5.60 Å². The second-order valence-electron chi connectivity index (χ2n) is 5.84. The summed E-state index contributed by atoms with van der Waals surface area (Å²) in [5, 5.41) is 13.0. The molecule has 1 nitrogen and oxygen atoms in total. The van der Waals surface area contributed by atoms with Crippen LogP contribution < -0.4 is 0 Å². The molecule has 0 atom stereocenters. The Labute approximate surface area is 154 Å². The van der Waals surface area contributed by atoms with E-state index in [4.69, 9.17) is 0 Å². The van der Waals surface area contributed by atoms with Gasteiger partial charge in [-0.25, -0.2) is 0 Å². The number of rotatable bonds is 3. The van der Waals surface area contributed by atoms with Crippen molar-refractivity contribution in [1.29, 1.82) is 0 Å². The molecule has 1 heterocycles. The lowest BCUT2D eigenvalue weighted by atomic mass is 9.86. The Bertz CT molecular complexity index is 900. The van der Waals surface area contributed by atoms with Gasteiger partial charge in [-0.05, 0) is 45.1 Å². The highest BCUT2D eigenvalue weighted by molar-refractivity contribution is 7.08. The molecular weight excluding hydrogens is 390 g/mol. The van der Waals surface area contributed by atoms with E-state index in [-0.39, 0.29) is 5.56 Å². The molecule has 0 saturated carbocycles. The second-order valence-corrected chi connectivity index (χ2v) is 6.62. The van der Waals surface area contributed by atoms with Crippen molar-refractivity contribution in [3.05, 3.63) is 70.9 Å². The third-order valence-electron chi connectivity index (χ3n) is 4.17. The number of alkyl halides is 6. The van der Waals surface area contributed by atoms with Crippen molar-refractivity contribution in [2.75, 3.05) is 0 Å². The summed E-state index contributed by atoms with van der Waals surface area (Å²) in [5.74, 6) is 0. The molecule has 8 heteroatoms. The lowest BCUT2D eigenvalue weighted by Gasteiger charge is -2.33. The Morgan fingerprint density at radius 2 is 1.33 bits per heavy atom. The van der Waals surface area contributed by atoms with E-state index in [0.717, 1.165) is 6.07 Å². The van der Waals surface area contributed by atoms with Gasteiger partial charge < -0.3 is 5.11 Å². The largest absolute Gasteiger partial charge is 0.430 e. The Kier molecular flexibility index (Phi) is 4.81. The molecule has 0 bridgehead atoms. The van der Waals surface area contributed by atoms with E-state index in [0.29, 0.717) is 22.8 Å². The number of halogens is 6. The molecule has 0 aliphatic rings. The van der Waals surface area contributed by atoms with E-state index < -0.39 is 23.5 Å². The minimum atomic E-state index is -5.93. The van der Waals surface area contributed by atoms with E-state index in [1.165, 1.54) is 17.4 Å². The van der Waals surface area contributed by atoms with Gasteiger partial charge in [0, 0.05) is 5.56 Å². The number of hydrogen-bond acceptors (Lipinski definition) is 2. The van der Waals surface area contributed by atoms with Gasteiger partial charge in [0.1, 0.15) is 0 Å². The van der Waals surface area contributed by atoms with Gasteiger partial charge in [0.2, 0.25) is 0 Å². The molecule has 1 aromatic heterocycles. The standard InChI is InChI=1S/C19H12F6OS/c20-18(21,22)17(26,19(23,24)25)14-6-7-15(12-4-2-1-3-5-12)16(10-14)13-8-9-27-11-13/h1-11,26H. The highest BCUT2D eigenvalue weighted by Gasteiger charge is 2.71. The third kappa shape index (κ3) is 3.35. The Morgan fingerprint density at radius 1 is 0.704 bits per heavy atom. The maximum atomic E-state index is 13.2. The predicted molar refractivity (Wildman–Crippen MR) is 91.2 cm³/mol. The quantitative estimate of drug-likeness (QED) is 0.503. The monoisotopic (exact) mass is 402 g/mol. The first-order chi connectivity index (χ1) is 12.6. The first-order valence-corrected chi connectivity index (χ1v) is 8.58. The third-order valence-corrected chi connectivity index (χ3v) is 4.86. The summed E-state index contributed by atoms with van der Waals surface area (Å²) < 4.78 is 79.3. The number of benzene rings is 2. The average Bonchev–Trinajstić information content (AvgIpc) is 3.14. The fourth-order valence-electron chi connectivity index (χ4n) is 2.78. The maximum absolute atomic E-state index is 13.2.